The molecule has 0 aliphatic carbocycles. The third kappa shape index (κ3) is 5.94. The number of benzene rings is 2. The molecule has 3 rings (SSSR count). The van der Waals surface area contributed by atoms with Crippen molar-refractivity contribution in [3.63, 3.8) is 0 Å². The van der Waals surface area contributed by atoms with Gasteiger partial charge in [0.05, 0.1) is 32.8 Å². The van der Waals surface area contributed by atoms with Gasteiger partial charge in [0.1, 0.15) is 0 Å². The van der Waals surface area contributed by atoms with Crippen LogP contribution in [0.25, 0.3) is 0 Å². The zero-order valence-electron chi connectivity index (χ0n) is 19.2. The fourth-order valence-corrected chi connectivity index (χ4v) is 3.67. The molecule has 12 heteroatoms. The summed E-state index contributed by atoms with van der Waals surface area (Å²) < 4.78 is 54.4. The minimum absolute atomic E-state index is 0.000957. The highest BCUT2D eigenvalue weighted by Crippen LogP contribution is 2.38. The Bertz CT molecular complexity index is 1100. The molecule has 0 bridgehead atoms. The first-order chi connectivity index (χ1) is 16.6. The molecule has 1 saturated heterocycles. The summed E-state index contributed by atoms with van der Waals surface area (Å²) in [5.41, 5.74) is 4.16. The number of nitrogens with one attached hydrogen (secondary N) is 2. The van der Waals surface area contributed by atoms with Crippen molar-refractivity contribution in [2.75, 3.05) is 27.9 Å². The number of hydrazine groups is 1. The number of carbonyl (C=O) groups excluding carboxylic acids is 3. The molecule has 1 atom stereocenters. The molecular weight excluding hydrogens is 471 g/mol. The lowest BCUT2D eigenvalue weighted by atomic mass is 10.1. The number of hydrogen-bond donors (Lipinski definition) is 2. The Morgan fingerprint density at radius 1 is 1.03 bits per heavy atom. The zero-order chi connectivity index (χ0) is 25.8. The van der Waals surface area contributed by atoms with Gasteiger partial charge in [0, 0.05) is 25.1 Å². The van der Waals surface area contributed by atoms with Crippen LogP contribution in [0.15, 0.2) is 36.4 Å². The number of nitrogens with zero attached hydrogens (tertiary/aromatic N) is 1. The van der Waals surface area contributed by atoms with E-state index in [1.165, 1.54) is 50.5 Å². The smallest absolute Gasteiger partial charge is 0.416 e. The molecule has 2 N–H and O–H groups in total. The minimum Gasteiger partial charge on any atom is -0.493 e. The van der Waals surface area contributed by atoms with Gasteiger partial charge in [-0.2, -0.15) is 13.2 Å². The lowest BCUT2D eigenvalue weighted by Crippen LogP contribution is -2.45. The van der Waals surface area contributed by atoms with Crippen LogP contribution in [0.1, 0.15) is 27.9 Å². The molecule has 0 aromatic heterocycles. The van der Waals surface area contributed by atoms with Gasteiger partial charge >= 0.3 is 6.18 Å². The Labute approximate surface area is 199 Å². The van der Waals surface area contributed by atoms with E-state index in [9.17, 15) is 27.6 Å². The van der Waals surface area contributed by atoms with Gasteiger partial charge in [0.15, 0.2) is 11.5 Å². The maximum atomic E-state index is 12.9. The molecule has 2 aromatic carbocycles. The third-order valence-corrected chi connectivity index (χ3v) is 5.44. The van der Waals surface area contributed by atoms with E-state index in [-0.39, 0.29) is 42.5 Å². The van der Waals surface area contributed by atoms with Crippen molar-refractivity contribution in [1.82, 2.24) is 15.8 Å². The average Bonchev–Trinajstić information content (AvgIpc) is 3.20. The molecule has 1 heterocycles. The highest BCUT2D eigenvalue weighted by atomic mass is 19.4. The molecule has 2 aromatic rings. The van der Waals surface area contributed by atoms with Crippen LogP contribution in [-0.2, 0) is 22.3 Å². The summed E-state index contributed by atoms with van der Waals surface area (Å²) in [6.07, 6.45) is -4.63. The Balaban J connectivity index is 1.61. The van der Waals surface area contributed by atoms with Crippen molar-refractivity contribution in [1.29, 1.82) is 0 Å². The first kappa shape index (κ1) is 25.7. The van der Waals surface area contributed by atoms with Crippen molar-refractivity contribution >= 4 is 17.7 Å². The second-order valence-corrected chi connectivity index (χ2v) is 7.73. The number of rotatable bonds is 7. The lowest BCUT2D eigenvalue weighted by molar-refractivity contribution is -0.137. The van der Waals surface area contributed by atoms with E-state index < -0.39 is 29.5 Å². The van der Waals surface area contributed by atoms with Crippen LogP contribution in [0.2, 0.25) is 0 Å². The van der Waals surface area contributed by atoms with Crippen LogP contribution in [0, 0.1) is 5.92 Å². The fourth-order valence-electron chi connectivity index (χ4n) is 3.67. The van der Waals surface area contributed by atoms with E-state index in [1.807, 2.05) is 0 Å². The predicted octanol–water partition coefficient (Wildman–Crippen LogP) is 2.54. The largest absolute Gasteiger partial charge is 0.493 e. The van der Waals surface area contributed by atoms with E-state index in [0.29, 0.717) is 11.3 Å². The summed E-state index contributed by atoms with van der Waals surface area (Å²) in [6, 6.07) is 7.47. The second kappa shape index (κ2) is 10.5. The first-order valence-electron chi connectivity index (χ1n) is 10.4. The minimum atomic E-state index is -4.50. The number of methoxy groups -OCH3 is 3. The monoisotopic (exact) mass is 495 g/mol. The number of carbonyl (C=O) groups is 3. The molecule has 1 aliphatic rings. The maximum Gasteiger partial charge on any atom is 0.416 e. The zero-order valence-corrected chi connectivity index (χ0v) is 19.2. The molecule has 188 valence electrons. The number of halogens is 3. The molecular formula is C23H24F3N3O6. The van der Waals surface area contributed by atoms with Crippen LogP contribution in [0.4, 0.5) is 13.2 Å². The molecule has 0 radical (unpaired) electrons. The predicted molar refractivity (Wildman–Crippen MR) is 117 cm³/mol. The molecule has 3 amide bonds. The van der Waals surface area contributed by atoms with E-state index in [4.69, 9.17) is 14.2 Å². The number of likely N-dealkylation sites (tertiary alicyclic amines) is 1. The van der Waals surface area contributed by atoms with Crippen LogP contribution < -0.4 is 25.1 Å². The Kier molecular flexibility index (Phi) is 7.72. The van der Waals surface area contributed by atoms with Gasteiger partial charge in [-0.15, -0.1) is 0 Å². The van der Waals surface area contributed by atoms with E-state index in [2.05, 4.69) is 10.9 Å². The second-order valence-electron chi connectivity index (χ2n) is 7.73. The van der Waals surface area contributed by atoms with Crippen LogP contribution >= 0.6 is 0 Å². The number of amides is 3. The molecule has 9 nitrogen and oxygen atoms in total. The summed E-state index contributed by atoms with van der Waals surface area (Å²) in [5, 5.41) is 0. The quantitative estimate of drug-likeness (QED) is 0.572. The van der Waals surface area contributed by atoms with E-state index in [1.54, 1.807) is 0 Å². The standard InChI is InChI=1S/C23H24F3N3O6/c1-33-17-8-14(9-18(34-2)20(17)35-3)21(31)27-28-22(32)15-10-19(30)29(12-15)11-13-5-4-6-16(7-13)23(24,25)26/h4-9,15H,10-12H2,1-3H3,(H,27,31)(H,28,32). The highest BCUT2D eigenvalue weighted by Gasteiger charge is 2.35. The van der Waals surface area contributed by atoms with Crippen molar-refractivity contribution < 1.29 is 41.8 Å². The molecule has 35 heavy (non-hydrogen) atoms. The number of hydrogen-bond acceptors (Lipinski definition) is 6. The number of alkyl halides is 3. The highest BCUT2D eigenvalue weighted by molar-refractivity contribution is 5.97. The van der Waals surface area contributed by atoms with Crippen molar-refractivity contribution in [3.05, 3.63) is 53.1 Å². The van der Waals surface area contributed by atoms with Gasteiger partial charge in [-0.05, 0) is 29.8 Å². The van der Waals surface area contributed by atoms with Gasteiger partial charge in [0.25, 0.3) is 5.91 Å². The normalized spacial score (nSPS) is 15.5. The van der Waals surface area contributed by atoms with Gasteiger partial charge in [-0.25, -0.2) is 0 Å². The van der Waals surface area contributed by atoms with Gasteiger partial charge < -0.3 is 19.1 Å². The van der Waals surface area contributed by atoms with Crippen LogP contribution in [0.5, 0.6) is 17.2 Å². The van der Waals surface area contributed by atoms with Gasteiger partial charge in [-0.3, -0.25) is 25.2 Å². The first-order valence-corrected chi connectivity index (χ1v) is 10.4. The maximum absolute atomic E-state index is 12.9. The van der Waals surface area contributed by atoms with Gasteiger partial charge in [0.2, 0.25) is 17.6 Å². The molecule has 0 spiro atoms. The fraction of sp³-hybridized carbons (Fsp3) is 0.348. The summed E-state index contributed by atoms with van der Waals surface area (Å²) in [6.45, 7) is -0.0642. The molecule has 0 saturated carbocycles. The molecule has 1 fully saturated rings. The lowest BCUT2D eigenvalue weighted by Gasteiger charge is -2.18. The average molecular weight is 495 g/mol. The topological polar surface area (TPSA) is 106 Å². The van der Waals surface area contributed by atoms with E-state index >= 15 is 0 Å². The van der Waals surface area contributed by atoms with Crippen LogP contribution in [0.3, 0.4) is 0 Å². The number of ether oxygens (including phenoxy) is 3. The Morgan fingerprint density at radius 2 is 1.69 bits per heavy atom. The summed E-state index contributed by atoms with van der Waals surface area (Å²) >= 11 is 0. The van der Waals surface area contributed by atoms with Crippen molar-refractivity contribution in [2.24, 2.45) is 5.92 Å². The van der Waals surface area contributed by atoms with Crippen molar-refractivity contribution in [3.8, 4) is 17.2 Å². The van der Waals surface area contributed by atoms with Crippen molar-refractivity contribution in [2.45, 2.75) is 19.1 Å². The third-order valence-electron chi connectivity index (χ3n) is 5.44. The molecule has 1 unspecified atom stereocenters. The Hall–Kier alpha value is -3.96. The van der Waals surface area contributed by atoms with E-state index in [0.717, 1.165) is 12.1 Å². The summed E-state index contributed by atoms with van der Waals surface area (Å²) in [5.74, 6) is -1.65. The Morgan fingerprint density at radius 3 is 2.26 bits per heavy atom. The summed E-state index contributed by atoms with van der Waals surface area (Å²) in [7, 11) is 4.20. The SMILES string of the molecule is COc1cc(C(=O)NNC(=O)C2CC(=O)N(Cc3cccc(C(F)(F)F)c3)C2)cc(OC)c1OC. The summed E-state index contributed by atoms with van der Waals surface area (Å²) in [4.78, 5) is 38.7. The van der Waals surface area contributed by atoms with Gasteiger partial charge in [-0.1, -0.05) is 12.1 Å². The molecule has 1 aliphatic heterocycles. The van der Waals surface area contributed by atoms with Crippen LogP contribution in [-0.4, -0.2) is 50.5 Å².